The Kier molecular flexibility index (Phi) is 5.00. The van der Waals surface area contributed by atoms with Gasteiger partial charge in [-0.25, -0.2) is 4.79 Å². The number of ether oxygens (including phenoxy) is 1. The predicted octanol–water partition coefficient (Wildman–Crippen LogP) is 2.46. The van der Waals surface area contributed by atoms with E-state index in [1.165, 1.54) is 4.90 Å². The summed E-state index contributed by atoms with van der Waals surface area (Å²) in [6, 6.07) is 8.83. The fourth-order valence-electron chi connectivity index (χ4n) is 1.42. The summed E-state index contributed by atoms with van der Waals surface area (Å²) in [7, 11) is 3.21. The van der Waals surface area contributed by atoms with Crippen LogP contribution in [0.5, 0.6) is 5.75 Å². The Balaban J connectivity index is 2.73. The molecule has 0 saturated heterocycles. The van der Waals surface area contributed by atoms with Gasteiger partial charge in [0.05, 0.1) is 25.3 Å². The molecular formula is C13H17N3O2. The lowest BCUT2D eigenvalue weighted by Crippen LogP contribution is -2.38. The maximum Gasteiger partial charge on any atom is 0.321 e. The van der Waals surface area contributed by atoms with Gasteiger partial charge < -0.3 is 15.0 Å². The van der Waals surface area contributed by atoms with E-state index in [4.69, 9.17) is 10.00 Å². The normalized spacial score (nSPS) is 11.2. The number of hydrogen-bond acceptors (Lipinski definition) is 3. The second-order valence-corrected chi connectivity index (χ2v) is 3.95. The highest BCUT2D eigenvalue weighted by atomic mass is 16.5. The van der Waals surface area contributed by atoms with Crippen LogP contribution in [0.2, 0.25) is 0 Å². The van der Waals surface area contributed by atoms with Crippen molar-refractivity contribution in [3.8, 4) is 11.8 Å². The molecule has 0 aliphatic rings. The van der Waals surface area contributed by atoms with Crippen LogP contribution in [0.1, 0.15) is 13.3 Å². The third-order valence-electron chi connectivity index (χ3n) is 2.72. The van der Waals surface area contributed by atoms with Gasteiger partial charge in [-0.15, -0.1) is 0 Å². The Morgan fingerprint density at radius 3 is 2.83 bits per heavy atom. The number of anilines is 1. The average Bonchev–Trinajstić information content (AvgIpc) is 2.38. The van der Waals surface area contributed by atoms with E-state index in [2.05, 4.69) is 5.32 Å². The first-order valence-electron chi connectivity index (χ1n) is 5.64. The van der Waals surface area contributed by atoms with Crippen molar-refractivity contribution in [2.45, 2.75) is 19.4 Å². The van der Waals surface area contributed by atoms with E-state index >= 15 is 0 Å². The van der Waals surface area contributed by atoms with Crippen LogP contribution in [0.4, 0.5) is 10.5 Å². The fourth-order valence-corrected chi connectivity index (χ4v) is 1.42. The minimum Gasteiger partial charge on any atom is -0.495 e. The number of amides is 2. The number of carbonyl (C=O) groups is 1. The van der Waals surface area contributed by atoms with Crippen LogP contribution in [-0.4, -0.2) is 31.1 Å². The zero-order valence-corrected chi connectivity index (χ0v) is 10.8. The van der Waals surface area contributed by atoms with Gasteiger partial charge in [-0.05, 0) is 19.1 Å². The molecule has 0 saturated carbocycles. The molecule has 1 N–H and O–H groups in total. The Labute approximate surface area is 107 Å². The summed E-state index contributed by atoms with van der Waals surface area (Å²) in [5.74, 6) is 0.604. The van der Waals surface area contributed by atoms with E-state index in [1.807, 2.05) is 25.1 Å². The molecule has 2 amide bonds. The summed E-state index contributed by atoms with van der Waals surface area (Å²) >= 11 is 0. The Morgan fingerprint density at radius 1 is 1.56 bits per heavy atom. The predicted molar refractivity (Wildman–Crippen MR) is 69.5 cm³/mol. The first-order valence-corrected chi connectivity index (χ1v) is 5.64. The monoisotopic (exact) mass is 247 g/mol. The van der Waals surface area contributed by atoms with Crippen molar-refractivity contribution in [3.63, 3.8) is 0 Å². The summed E-state index contributed by atoms with van der Waals surface area (Å²) in [5, 5.41) is 11.4. The maximum atomic E-state index is 11.9. The lowest BCUT2D eigenvalue weighted by molar-refractivity contribution is 0.208. The van der Waals surface area contributed by atoms with E-state index in [9.17, 15) is 4.79 Å². The van der Waals surface area contributed by atoms with E-state index in [0.29, 0.717) is 17.9 Å². The molecule has 0 aliphatic heterocycles. The Hall–Kier alpha value is -2.22. The van der Waals surface area contributed by atoms with Crippen LogP contribution in [-0.2, 0) is 0 Å². The molecule has 5 nitrogen and oxygen atoms in total. The molecule has 1 atom stereocenters. The van der Waals surface area contributed by atoms with Crippen LogP contribution in [0.3, 0.4) is 0 Å². The van der Waals surface area contributed by atoms with Gasteiger partial charge in [-0.3, -0.25) is 0 Å². The lowest BCUT2D eigenvalue weighted by atomic mass is 10.2. The van der Waals surface area contributed by atoms with Crippen molar-refractivity contribution < 1.29 is 9.53 Å². The standard InChI is InChI=1S/C13H17N3O2/c1-10(8-9-14)16(2)13(17)15-11-6-4-5-7-12(11)18-3/h4-7,10H,8H2,1-3H3,(H,15,17). The Bertz CT molecular complexity index is 454. The molecule has 0 radical (unpaired) electrons. The van der Waals surface area contributed by atoms with E-state index in [-0.39, 0.29) is 12.1 Å². The van der Waals surface area contributed by atoms with Gasteiger partial charge >= 0.3 is 6.03 Å². The number of para-hydroxylation sites is 2. The van der Waals surface area contributed by atoms with Gasteiger partial charge in [0.15, 0.2) is 0 Å². The SMILES string of the molecule is COc1ccccc1NC(=O)N(C)C(C)CC#N. The molecule has 1 rings (SSSR count). The first kappa shape index (κ1) is 13.8. The summed E-state index contributed by atoms with van der Waals surface area (Å²) < 4.78 is 5.15. The van der Waals surface area contributed by atoms with E-state index < -0.39 is 0 Å². The molecule has 1 unspecified atom stereocenters. The van der Waals surface area contributed by atoms with Crippen LogP contribution in [0, 0.1) is 11.3 Å². The number of hydrogen-bond donors (Lipinski definition) is 1. The molecule has 96 valence electrons. The van der Waals surface area contributed by atoms with Crippen LogP contribution in [0.25, 0.3) is 0 Å². The van der Waals surface area contributed by atoms with Gasteiger partial charge in [-0.1, -0.05) is 12.1 Å². The number of methoxy groups -OCH3 is 1. The van der Waals surface area contributed by atoms with Crippen molar-refractivity contribution in [1.82, 2.24) is 4.90 Å². The molecule has 0 bridgehead atoms. The molecule has 0 aliphatic carbocycles. The van der Waals surface area contributed by atoms with Gasteiger partial charge in [0.2, 0.25) is 0 Å². The largest absolute Gasteiger partial charge is 0.495 e. The molecule has 5 heteroatoms. The smallest absolute Gasteiger partial charge is 0.321 e. The van der Waals surface area contributed by atoms with Crippen LogP contribution in [0.15, 0.2) is 24.3 Å². The molecule has 1 aromatic carbocycles. The van der Waals surface area contributed by atoms with Crippen molar-refractivity contribution >= 4 is 11.7 Å². The second kappa shape index (κ2) is 6.50. The van der Waals surface area contributed by atoms with Gasteiger partial charge in [-0.2, -0.15) is 5.26 Å². The highest BCUT2D eigenvalue weighted by Crippen LogP contribution is 2.23. The third kappa shape index (κ3) is 3.39. The quantitative estimate of drug-likeness (QED) is 0.888. The molecule has 0 fully saturated rings. The number of nitrogens with one attached hydrogen (secondary N) is 1. The summed E-state index contributed by atoms with van der Waals surface area (Å²) in [4.78, 5) is 13.4. The average molecular weight is 247 g/mol. The van der Waals surface area contributed by atoms with Gasteiger partial charge in [0, 0.05) is 13.1 Å². The number of rotatable bonds is 4. The second-order valence-electron chi connectivity index (χ2n) is 3.95. The molecule has 18 heavy (non-hydrogen) atoms. The number of urea groups is 1. The highest BCUT2D eigenvalue weighted by Gasteiger charge is 2.16. The minimum atomic E-state index is -0.262. The van der Waals surface area contributed by atoms with Gasteiger partial charge in [0.25, 0.3) is 0 Å². The molecular weight excluding hydrogens is 230 g/mol. The zero-order valence-electron chi connectivity index (χ0n) is 10.8. The maximum absolute atomic E-state index is 11.9. The van der Waals surface area contributed by atoms with E-state index in [1.54, 1.807) is 26.3 Å². The topological polar surface area (TPSA) is 65.4 Å². The van der Waals surface area contributed by atoms with E-state index in [0.717, 1.165) is 0 Å². The van der Waals surface area contributed by atoms with Crippen molar-refractivity contribution in [2.75, 3.05) is 19.5 Å². The number of carbonyl (C=O) groups excluding carboxylic acids is 1. The van der Waals surface area contributed by atoms with Gasteiger partial charge in [0.1, 0.15) is 5.75 Å². The summed E-state index contributed by atoms with van der Waals surface area (Å²) in [5.41, 5.74) is 0.612. The molecule has 0 heterocycles. The Morgan fingerprint density at radius 2 is 2.22 bits per heavy atom. The number of nitriles is 1. The minimum absolute atomic E-state index is 0.135. The first-order chi connectivity index (χ1) is 8.60. The van der Waals surface area contributed by atoms with Crippen molar-refractivity contribution in [3.05, 3.63) is 24.3 Å². The van der Waals surface area contributed by atoms with Crippen molar-refractivity contribution in [2.24, 2.45) is 0 Å². The highest BCUT2D eigenvalue weighted by molar-refractivity contribution is 5.91. The summed E-state index contributed by atoms with van der Waals surface area (Å²) in [6.07, 6.45) is 0.301. The van der Waals surface area contributed by atoms with Crippen molar-refractivity contribution in [1.29, 1.82) is 5.26 Å². The van der Waals surface area contributed by atoms with Crippen LogP contribution < -0.4 is 10.1 Å². The fraction of sp³-hybridized carbons (Fsp3) is 0.385. The molecule has 0 aromatic heterocycles. The number of benzene rings is 1. The molecule has 1 aromatic rings. The number of nitrogens with zero attached hydrogens (tertiary/aromatic N) is 2. The zero-order chi connectivity index (χ0) is 13.5. The lowest BCUT2D eigenvalue weighted by Gasteiger charge is -2.23. The third-order valence-corrected chi connectivity index (χ3v) is 2.72. The van der Waals surface area contributed by atoms with Crippen LogP contribution >= 0.6 is 0 Å². The molecule has 0 spiro atoms. The summed E-state index contributed by atoms with van der Waals surface area (Å²) in [6.45, 7) is 1.82.